The Balaban J connectivity index is 0.000000574. The van der Waals surface area contributed by atoms with Gasteiger partial charge in [0, 0.05) is 6.42 Å². The molecule has 1 heterocycles. The summed E-state index contributed by atoms with van der Waals surface area (Å²) in [6.45, 7) is 4.00. The molecular formula is C17H18O. The SMILES string of the molecule is C1=C(c2ccccc2)Cc2ccccc2O1.CC. The predicted molar refractivity (Wildman–Crippen MR) is 76.5 cm³/mol. The lowest BCUT2D eigenvalue weighted by atomic mass is 9.97. The van der Waals surface area contributed by atoms with Gasteiger partial charge in [0.25, 0.3) is 0 Å². The fourth-order valence-corrected chi connectivity index (χ4v) is 1.97. The third-order valence-electron chi connectivity index (χ3n) is 2.83. The molecule has 0 aromatic heterocycles. The molecule has 3 rings (SSSR count). The molecule has 2 aromatic rings. The van der Waals surface area contributed by atoms with E-state index in [1.54, 1.807) is 0 Å². The first-order valence-electron chi connectivity index (χ1n) is 6.42. The molecular weight excluding hydrogens is 220 g/mol. The van der Waals surface area contributed by atoms with Crippen LogP contribution in [0.15, 0.2) is 60.9 Å². The van der Waals surface area contributed by atoms with E-state index < -0.39 is 0 Å². The lowest BCUT2D eigenvalue weighted by Gasteiger charge is -2.17. The number of fused-ring (bicyclic) bond motifs is 1. The van der Waals surface area contributed by atoms with E-state index >= 15 is 0 Å². The highest BCUT2D eigenvalue weighted by Crippen LogP contribution is 2.30. The van der Waals surface area contributed by atoms with Crippen LogP contribution in [-0.2, 0) is 6.42 Å². The normalized spacial score (nSPS) is 12.4. The molecule has 0 amide bonds. The van der Waals surface area contributed by atoms with Crippen molar-refractivity contribution in [3.05, 3.63) is 72.0 Å². The first-order chi connectivity index (χ1) is 8.93. The Labute approximate surface area is 109 Å². The number of para-hydroxylation sites is 1. The van der Waals surface area contributed by atoms with Gasteiger partial charge in [-0.25, -0.2) is 0 Å². The van der Waals surface area contributed by atoms with E-state index in [2.05, 4.69) is 36.4 Å². The summed E-state index contributed by atoms with van der Waals surface area (Å²) in [6, 6.07) is 18.5. The minimum atomic E-state index is 0.945. The molecule has 0 N–H and O–H groups in total. The second-order valence-electron chi connectivity index (χ2n) is 3.91. The van der Waals surface area contributed by atoms with Crippen LogP contribution >= 0.6 is 0 Å². The molecule has 1 aliphatic rings. The second kappa shape index (κ2) is 6.06. The van der Waals surface area contributed by atoms with E-state index in [0.717, 1.165) is 12.2 Å². The highest BCUT2D eigenvalue weighted by Gasteiger charge is 2.12. The number of benzene rings is 2. The van der Waals surface area contributed by atoms with E-state index in [0.29, 0.717) is 0 Å². The van der Waals surface area contributed by atoms with Crippen LogP contribution in [-0.4, -0.2) is 0 Å². The van der Waals surface area contributed by atoms with Crippen LogP contribution in [0.5, 0.6) is 5.75 Å². The number of rotatable bonds is 1. The summed E-state index contributed by atoms with van der Waals surface area (Å²) in [5.74, 6) is 0.974. The molecule has 0 spiro atoms. The quantitative estimate of drug-likeness (QED) is 0.700. The lowest BCUT2D eigenvalue weighted by molar-refractivity contribution is 0.469. The van der Waals surface area contributed by atoms with Crippen LogP contribution in [0, 0.1) is 0 Å². The van der Waals surface area contributed by atoms with Crippen molar-refractivity contribution in [3.8, 4) is 5.75 Å². The minimum absolute atomic E-state index is 0.945. The van der Waals surface area contributed by atoms with Gasteiger partial charge in [0.2, 0.25) is 0 Å². The third kappa shape index (κ3) is 2.62. The molecule has 1 aliphatic heterocycles. The minimum Gasteiger partial charge on any atom is -0.464 e. The van der Waals surface area contributed by atoms with Crippen LogP contribution in [0.2, 0.25) is 0 Å². The van der Waals surface area contributed by atoms with Gasteiger partial charge in [-0.15, -0.1) is 0 Å². The van der Waals surface area contributed by atoms with Crippen molar-refractivity contribution in [2.75, 3.05) is 0 Å². The summed E-state index contributed by atoms with van der Waals surface area (Å²) in [5.41, 5.74) is 3.72. The van der Waals surface area contributed by atoms with Crippen LogP contribution < -0.4 is 4.74 Å². The first-order valence-corrected chi connectivity index (χ1v) is 6.42. The maximum Gasteiger partial charge on any atom is 0.130 e. The fourth-order valence-electron chi connectivity index (χ4n) is 1.97. The first kappa shape index (κ1) is 12.4. The standard InChI is InChI=1S/C15H12O.C2H6/c1-2-6-12(7-3-1)14-10-13-8-4-5-9-15(13)16-11-14;1-2/h1-9,11H,10H2;1-2H3. The Morgan fingerprint density at radius 3 is 2.28 bits per heavy atom. The van der Waals surface area contributed by atoms with Gasteiger partial charge in [0.05, 0.1) is 6.26 Å². The zero-order valence-corrected chi connectivity index (χ0v) is 10.9. The van der Waals surface area contributed by atoms with Crippen molar-refractivity contribution in [1.82, 2.24) is 0 Å². The number of hydrogen-bond donors (Lipinski definition) is 0. The van der Waals surface area contributed by atoms with Crippen molar-refractivity contribution < 1.29 is 4.74 Å². The molecule has 0 saturated carbocycles. The Morgan fingerprint density at radius 1 is 0.833 bits per heavy atom. The van der Waals surface area contributed by atoms with Gasteiger partial charge >= 0.3 is 0 Å². The Bertz CT molecular complexity index is 526. The average molecular weight is 238 g/mol. The van der Waals surface area contributed by atoms with E-state index in [-0.39, 0.29) is 0 Å². The molecule has 1 nitrogen and oxygen atoms in total. The van der Waals surface area contributed by atoms with Crippen molar-refractivity contribution in [2.24, 2.45) is 0 Å². The summed E-state index contributed by atoms with van der Waals surface area (Å²) < 4.78 is 5.63. The molecule has 0 bridgehead atoms. The van der Waals surface area contributed by atoms with Gasteiger partial charge in [-0.05, 0) is 22.8 Å². The zero-order chi connectivity index (χ0) is 12.8. The van der Waals surface area contributed by atoms with Crippen LogP contribution in [0.3, 0.4) is 0 Å². The predicted octanol–water partition coefficient (Wildman–Crippen LogP) is 4.69. The third-order valence-corrected chi connectivity index (χ3v) is 2.83. The van der Waals surface area contributed by atoms with E-state index in [1.165, 1.54) is 16.7 Å². The largest absolute Gasteiger partial charge is 0.464 e. The molecule has 0 aliphatic carbocycles. The summed E-state index contributed by atoms with van der Waals surface area (Å²) in [6.07, 6.45) is 2.80. The summed E-state index contributed by atoms with van der Waals surface area (Å²) in [5, 5.41) is 0. The van der Waals surface area contributed by atoms with Gasteiger partial charge < -0.3 is 4.74 Å². The summed E-state index contributed by atoms with van der Waals surface area (Å²) in [7, 11) is 0. The van der Waals surface area contributed by atoms with Crippen LogP contribution in [0.4, 0.5) is 0 Å². The molecule has 1 heteroatoms. The number of allylic oxidation sites excluding steroid dienone is 1. The van der Waals surface area contributed by atoms with Gasteiger partial charge in [0.15, 0.2) is 0 Å². The second-order valence-corrected chi connectivity index (χ2v) is 3.91. The molecule has 0 saturated heterocycles. The lowest BCUT2D eigenvalue weighted by Crippen LogP contribution is -2.01. The molecule has 0 fully saturated rings. The van der Waals surface area contributed by atoms with Crippen molar-refractivity contribution in [2.45, 2.75) is 20.3 Å². The smallest absolute Gasteiger partial charge is 0.130 e. The van der Waals surface area contributed by atoms with E-state index in [9.17, 15) is 0 Å². The molecule has 0 atom stereocenters. The van der Waals surface area contributed by atoms with Crippen molar-refractivity contribution in [3.63, 3.8) is 0 Å². The topological polar surface area (TPSA) is 9.23 Å². The summed E-state index contributed by atoms with van der Waals surface area (Å²) in [4.78, 5) is 0. The Kier molecular flexibility index (Phi) is 4.19. The average Bonchev–Trinajstić information content (AvgIpc) is 2.50. The van der Waals surface area contributed by atoms with E-state index in [4.69, 9.17) is 4.74 Å². The van der Waals surface area contributed by atoms with Crippen molar-refractivity contribution in [1.29, 1.82) is 0 Å². The monoisotopic (exact) mass is 238 g/mol. The maximum absolute atomic E-state index is 5.63. The van der Waals surface area contributed by atoms with Gasteiger partial charge in [0.1, 0.15) is 5.75 Å². The molecule has 0 radical (unpaired) electrons. The fraction of sp³-hybridized carbons (Fsp3) is 0.176. The van der Waals surface area contributed by atoms with Crippen LogP contribution in [0.25, 0.3) is 5.57 Å². The van der Waals surface area contributed by atoms with Gasteiger partial charge in [-0.2, -0.15) is 0 Å². The Hall–Kier alpha value is -2.02. The highest BCUT2D eigenvalue weighted by atomic mass is 16.5. The Morgan fingerprint density at radius 2 is 1.50 bits per heavy atom. The van der Waals surface area contributed by atoms with Gasteiger partial charge in [-0.1, -0.05) is 62.4 Å². The summed E-state index contributed by atoms with van der Waals surface area (Å²) >= 11 is 0. The molecule has 18 heavy (non-hydrogen) atoms. The van der Waals surface area contributed by atoms with Gasteiger partial charge in [-0.3, -0.25) is 0 Å². The van der Waals surface area contributed by atoms with E-state index in [1.807, 2.05) is 38.3 Å². The van der Waals surface area contributed by atoms with Crippen molar-refractivity contribution >= 4 is 5.57 Å². The molecule has 92 valence electrons. The molecule has 2 aromatic carbocycles. The number of hydrogen-bond acceptors (Lipinski definition) is 1. The van der Waals surface area contributed by atoms with Crippen LogP contribution in [0.1, 0.15) is 25.0 Å². The number of ether oxygens (including phenoxy) is 1. The maximum atomic E-state index is 5.63. The molecule has 0 unspecified atom stereocenters. The highest BCUT2D eigenvalue weighted by molar-refractivity contribution is 5.69. The zero-order valence-electron chi connectivity index (χ0n) is 10.9.